The monoisotopic (exact) mass is 793 g/mol. The van der Waals surface area contributed by atoms with Crippen molar-refractivity contribution in [2.45, 2.75) is 60.2 Å². The molecule has 0 aliphatic heterocycles. The summed E-state index contributed by atoms with van der Waals surface area (Å²) >= 11 is 0. The van der Waals surface area contributed by atoms with Gasteiger partial charge in [-0.25, -0.2) is 9.97 Å². The van der Waals surface area contributed by atoms with Gasteiger partial charge in [0, 0.05) is 37.2 Å². The molecule has 0 bridgehead atoms. The summed E-state index contributed by atoms with van der Waals surface area (Å²) in [7, 11) is 3.30. The number of nitrogens with one attached hydrogen (secondary N) is 3. The standard InChI is InChI=1S/C40H47N11O7/c1-7-30-26(17-23(4)58-30)37(54)46-39-45-28-19-25(36(42)53)21-32(57-15-11-12-43-5)34(28)50(39)14-10-9-13-49-33-27(18-24(35(41)52)20-31(33)56-6)44-40(49)47-38(55)29-16-22(3)48-51(29)8-2/h9-10,16-21,43H,7-8,11-15H2,1-6H3,(H2,41,52)(H2,42,53)(H,44,47,55)(H,45,46,54)/b10-9+. The highest BCUT2D eigenvalue weighted by atomic mass is 16.5. The third-order valence-corrected chi connectivity index (χ3v) is 9.36. The van der Waals surface area contributed by atoms with E-state index in [1.54, 1.807) is 51.9 Å². The fourth-order valence-corrected chi connectivity index (χ4v) is 6.67. The van der Waals surface area contributed by atoms with Crippen LogP contribution in [0.1, 0.15) is 79.0 Å². The van der Waals surface area contributed by atoms with Crippen molar-refractivity contribution in [3.63, 3.8) is 0 Å². The highest BCUT2D eigenvalue weighted by molar-refractivity contribution is 6.06. The van der Waals surface area contributed by atoms with Crippen molar-refractivity contribution in [2.24, 2.45) is 11.5 Å². The average molecular weight is 794 g/mol. The lowest BCUT2D eigenvalue weighted by atomic mass is 10.1. The van der Waals surface area contributed by atoms with Crippen molar-refractivity contribution < 1.29 is 33.1 Å². The van der Waals surface area contributed by atoms with E-state index < -0.39 is 23.6 Å². The number of ether oxygens (including phenoxy) is 2. The quantitative estimate of drug-likeness (QED) is 0.0606. The second-order valence-electron chi connectivity index (χ2n) is 13.4. The zero-order valence-electron chi connectivity index (χ0n) is 33.3. The Kier molecular flexibility index (Phi) is 12.3. The third kappa shape index (κ3) is 8.41. The van der Waals surface area contributed by atoms with Crippen molar-refractivity contribution in [1.82, 2.24) is 34.2 Å². The Bertz CT molecular complexity index is 2560. The van der Waals surface area contributed by atoms with Crippen LogP contribution in [-0.4, -0.2) is 79.8 Å². The number of hydrogen-bond acceptors (Lipinski definition) is 11. The summed E-state index contributed by atoms with van der Waals surface area (Å²) in [5, 5.41) is 13.3. The number of aryl methyl sites for hydroxylation is 4. The van der Waals surface area contributed by atoms with Gasteiger partial charge in [0.15, 0.2) is 0 Å². The normalized spacial score (nSPS) is 11.5. The van der Waals surface area contributed by atoms with Crippen LogP contribution >= 0.6 is 0 Å². The molecule has 0 radical (unpaired) electrons. The number of methoxy groups -OCH3 is 1. The van der Waals surface area contributed by atoms with Gasteiger partial charge in [0.1, 0.15) is 39.7 Å². The number of aromatic nitrogens is 6. The molecule has 0 saturated carbocycles. The number of allylic oxidation sites excluding steroid dienone is 2. The Morgan fingerprint density at radius 1 is 0.828 bits per heavy atom. The van der Waals surface area contributed by atoms with Gasteiger partial charge in [0.25, 0.3) is 11.8 Å². The van der Waals surface area contributed by atoms with Gasteiger partial charge in [-0.05, 0) is 77.2 Å². The molecule has 304 valence electrons. The van der Waals surface area contributed by atoms with E-state index in [0.29, 0.717) is 94.6 Å². The highest BCUT2D eigenvalue weighted by Crippen LogP contribution is 2.33. The molecule has 0 atom stereocenters. The molecule has 0 saturated heterocycles. The first-order chi connectivity index (χ1) is 27.9. The van der Waals surface area contributed by atoms with Crippen LogP contribution in [0.15, 0.2) is 53.0 Å². The predicted octanol–water partition coefficient (Wildman–Crippen LogP) is 4.33. The van der Waals surface area contributed by atoms with Gasteiger partial charge >= 0.3 is 0 Å². The molecule has 58 heavy (non-hydrogen) atoms. The minimum Gasteiger partial charge on any atom is -0.494 e. The van der Waals surface area contributed by atoms with Crippen LogP contribution in [0.5, 0.6) is 11.5 Å². The number of amides is 4. The fraction of sp³-hybridized carbons (Fsp3) is 0.325. The molecule has 4 aromatic heterocycles. The summed E-state index contributed by atoms with van der Waals surface area (Å²) < 4.78 is 22.7. The number of carbonyl (C=O) groups excluding carboxylic acids is 4. The topological polar surface area (TPSA) is 241 Å². The molecule has 6 rings (SSSR count). The maximum Gasteiger partial charge on any atom is 0.276 e. The lowest BCUT2D eigenvalue weighted by Crippen LogP contribution is -2.20. The van der Waals surface area contributed by atoms with Gasteiger partial charge in [-0.1, -0.05) is 19.1 Å². The Morgan fingerprint density at radius 3 is 1.97 bits per heavy atom. The lowest BCUT2D eigenvalue weighted by molar-refractivity contribution is 0.0991. The molecule has 0 spiro atoms. The van der Waals surface area contributed by atoms with E-state index in [2.05, 4.69) is 26.0 Å². The number of anilines is 2. The SMILES string of the molecule is CCc1oc(C)cc1C(=O)Nc1nc2cc(C(N)=O)cc(OCCCNC)c2n1C/C=C/Cn1c(NC(=O)c2cc(C)nn2CC)nc2cc(C(N)=O)cc(OC)c21. The molecule has 18 heteroatoms. The zero-order chi connectivity index (χ0) is 41.7. The summed E-state index contributed by atoms with van der Waals surface area (Å²) in [4.78, 5) is 61.3. The Morgan fingerprint density at radius 2 is 1.41 bits per heavy atom. The van der Waals surface area contributed by atoms with Crippen LogP contribution in [0.4, 0.5) is 11.9 Å². The minimum atomic E-state index is -0.667. The number of carbonyl (C=O) groups is 4. The molecule has 18 nitrogen and oxygen atoms in total. The van der Waals surface area contributed by atoms with Crippen LogP contribution in [0.25, 0.3) is 22.1 Å². The molecule has 0 fully saturated rings. The van der Waals surface area contributed by atoms with E-state index >= 15 is 0 Å². The Balaban J connectivity index is 1.41. The van der Waals surface area contributed by atoms with Crippen LogP contribution < -0.4 is 36.9 Å². The van der Waals surface area contributed by atoms with Gasteiger partial charge < -0.3 is 39.8 Å². The van der Waals surface area contributed by atoms with Crippen LogP contribution in [0, 0.1) is 13.8 Å². The fourth-order valence-electron chi connectivity index (χ4n) is 6.67. The summed E-state index contributed by atoms with van der Waals surface area (Å²) in [6.07, 6.45) is 4.87. The Hall–Kier alpha value is -6.95. The zero-order valence-corrected chi connectivity index (χ0v) is 33.3. The number of furan rings is 1. The lowest BCUT2D eigenvalue weighted by Gasteiger charge is -2.13. The van der Waals surface area contributed by atoms with Crippen LogP contribution in [-0.2, 0) is 26.1 Å². The molecule has 6 aromatic rings. The van der Waals surface area contributed by atoms with Crippen molar-refractivity contribution in [3.05, 3.63) is 88.1 Å². The van der Waals surface area contributed by atoms with Crippen molar-refractivity contribution >= 4 is 57.6 Å². The van der Waals surface area contributed by atoms with E-state index in [4.69, 9.17) is 30.3 Å². The van der Waals surface area contributed by atoms with E-state index in [-0.39, 0.29) is 36.1 Å². The Labute approximate surface area is 333 Å². The third-order valence-electron chi connectivity index (χ3n) is 9.36. The summed E-state index contributed by atoms with van der Waals surface area (Å²) in [6.45, 7) is 9.21. The van der Waals surface area contributed by atoms with Gasteiger partial charge in [-0.2, -0.15) is 5.10 Å². The number of benzene rings is 2. The molecule has 0 aliphatic rings. The molecule has 4 heterocycles. The molecule has 0 unspecified atom stereocenters. The van der Waals surface area contributed by atoms with Crippen molar-refractivity contribution in [1.29, 1.82) is 0 Å². The van der Waals surface area contributed by atoms with Crippen LogP contribution in [0.3, 0.4) is 0 Å². The predicted molar refractivity (Wildman–Crippen MR) is 218 cm³/mol. The van der Waals surface area contributed by atoms with Crippen molar-refractivity contribution in [2.75, 3.05) is 37.9 Å². The minimum absolute atomic E-state index is 0.173. The maximum atomic E-state index is 13.7. The number of nitrogens with two attached hydrogens (primary N) is 2. The van der Waals surface area contributed by atoms with Gasteiger partial charge in [0.05, 0.1) is 36.0 Å². The number of hydrogen-bond donors (Lipinski definition) is 5. The number of fused-ring (bicyclic) bond motifs is 2. The summed E-state index contributed by atoms with van der Waals surface area (Å²) in [6, 6.07) is 9.53. The van der Waals surface area contributed by atoms with E-state index in [1.165, 1.54) is 19.2 Å². The molecule has 0 aliphatic carbocycles. The molecular weight excluding hydrogens is 747 g/mol. The summed E-state index contributed by atoms with van der Waals surface area (Å²) in [5.74, 6) is 0.00247. The second kappa shape index (κ2) is 17.5. The molecule has 2 aromatic carbocycles. The first-order valence-corrected chi connectivity index (χ1v) is 18.8. The maximum absolute atomic E-state index is 13.7. The van der Waals surface area contributed by atoms with Crippen LogP contribution in [0.2, 0.25) is 0 Å². The molecule has 4 amide bonds. The molecule has 7 N–H and O–H groups in total. The highest BCUT2D eigenvalue weighted by Gasteiger charge is 2.24. The smallest absolute Gasteiger partial charge is 0.276 e. The second-order valence-corrected chi connectivity index (χ2v) is 13.4. The average Bonchev–Trinajstić information content (AvgIpc) is 3.96. The van der Waals surface area contributed by atoms with Gasteiger partial charge in [-0.15, -0.1) is 0 Å². The first-order valence-electron chi connectivity index (χ1n) is 18.8. The largest absolute Gasteiger partial charge is 0.494 e. The van der Waals surface area contributed by atoms with Gasteiger partial charge in [-0.3, -0.25) is 34.5 Å². The number of primary amides is 2. The molecular formula is C40H47N11O7. The van der Waals surface area contributed by atoms with Gasteiger partial charge in [0.2, 0.25) is 23.7 Å². The van der Waals surface area contributed by atoms with E-state index in [9.17, 15) is 19.2 Å². The number of nitrogens with zero attached hydrogens (tertiary/aromatic N) is 6. The number of rotatable bonds is 18. The number of imidazole rings is 2. The van der Waals surface area contributed by atoms with E-state index in [0.717, 1.165) is 0 Å². The van der Waals surface area contributed by atoms with E-state index in [1.807, 2.05) is 33.0 Å². The first kappa shape index (κ1) is 40.7. The van der Waals surface area contributed by atoms with Crippen molar-refractivity contribution in [3.8, 4) is 11.5 Å². The summed E-state index contributed by atoms with van der Waals surface area (Å²) in [5.41, 5.74) is 14.9.